The Balaban J connectivity index is 1.52. The molecule has 0 spiro atoms. The van der Waals surface area contributed by atoms with Crippen molar-refractivity contribution in [3.63, 3.8) is 0 Å². The summed E-state index contributed by atoms with van der Waals surface area (Å²) in [5.74, 6) is -3.85. The summed E-state index contributed by atoms with van der Waals surface area (Å²) in [5, 5.41) is 10.4. The Labute approximate surface area is 354 Å². The Kier molecular flexibility index (Phi) is 17.9. The molecule has 4 unspecified atom stereocenters. The summed E-state index contributed by atoms with van der Waals surface area (Å²) in [4.78, 5) is 75.1. The van der Waals surface area contributed by atoms with E-state index in [1.165, 1.54) is 6.07 Å². The number of amides is 5. The van der Waals surface area contributed by atoms with E-state index in [1.807, 2.05) is 19.1 Å². The molecule has 13 nitrogen and oxygen atoms in total. The molecule has 332 valence electrons. The molecule has 4 aromatic carbocycles. The molecular formula is C43H47F5N5O8P. The molecule has 0 radical (unpaired) electrons. The monoisotopic (exact) mass is 887 g/mol. The van der Waals surface area contributed by atoms with Gasteiger partial charge >= 0.3 is 20.5 Å². The van der Waals surface area contributed by atoms with Gasteiger partial charge in [-0.2, -0.15) is 22.0 Å². The maximum absolute atomic E-state index is 14.4. The van der Waals surface area contributed by atoms with Gasteiger partial charge in [-0.1, -0.05) is 91.9 Å². The highest BCUT2D eigenvalue weighted by atomic mass is 31.1. The number of carbonyl (C=O) groups is 5. The van der Waals surface area contributed by atoms with E-state index in [-0.39, 0.29) is 42.8 Å². The van der Waals surface area contributed by atoms with Crippen molar-refractivity contribution in [3.8, 4) is 0 Å². The molecule has 0 aliphatic carbocycles. The van der Waals surface area contributed by atoms with Gasteiger partial charge in [0.05, 0.1) is 17.5 Å². The number of primary amides is 1. The minimum Gasteiger partial charge on any atom is -0.368 e. The molecule has 0 saturated carbocycles. The van der Waals surface area contributed by atoms with Crippen molar-refractivity contribution in [2.24, 2.45) is 5.73 Å². The number of carbonyl (C=O) groups excluding carboxylic acids is 5. The lowest BCUT2D eigenvalue weighted by Gasteiger charge is -2.25. The first-order chi connectivity index (χ1) is 29.3. The van der Waals surface area contributed by atoms with Gasteiger partial charge in [0, 0.05) is 24.9 Å². The molecular weight excluding hydrogens is 840 g/mol. The van der Waals surface area contributed by atoms with Crippen LogP contribution < -0.4 is 27.0 Å². The van der Waals surface area contributed by atoms with E-state index in [9.17, 15) is 50.5 Å². The number of hydrogen-bond acceptors (Lipinski definition) is 7. The average molecular weight is 888 g/mol. The van der Waals surface area contributed by atoms with E-state index in [0.29, 0.717) is 24.0 Å². The summed E-state index contributed by atoms with van der Waals surface area (Å²) in [6.45, 7) is 2.23. The molecule has 5 amide bonds. The number of nitrogens with two attached hydrogens (primary N) is 1. The smallest absolute Gasteiger partial charge is 0.368 e. The van der Waals surface area contributed by atoms with Gasteiger partial charge < -0.3 is 31.9 Å². The number of benzene rings is 4. The van der Waals surface area contributed by atoms with Crippen LogP contribution in [0.3, 0.4) is 0 Å². The zero-order valence-corrected chi connectivity index (χ0v) is 34.5. The molecule has 0 aromatic heterocycles. The predicted molar refractivity (Wildman–Crippen MR) is 219 cm³/mol. The van der Waals surface area contributed by atoms with Crippen LogP contribution in [0.4, 0.5) is 22.0 Å². The van der Waals surface area contributed by atoms with Crippen LogP contribution in [0.25, 0.3) is 0 Å². The second kappa shape index (κ2) is 22.8. The summed E-state index contributed by atoms with van der Waals surface area (Å²) in [6.07, 6.45) is -8.27. The number of aryl methyl sites for hydroxylation is 1. The highest BCUT2D eigenvalue weighted by Crippen LogP contribution is 2.37. The maximum Gasteiger partial charge on any atom is 0.416 e. The van der Waals surface area contributed by atoms with Crippen molar-refractivity contribution in [1.29, 1.82) is 0 Å². The normalized spacial score (nSPS) is 13.5. The predicted octanol–water partition coefficient (Wildman–Crippen LogP) is 5.28. The number of nitrogens with one attached hydrogen (secondary N) is 4. The quantitative estimate of drug-likeness (QED) is 0.0347. The summed E-state index contributed by atoms with van der Waals surface area (Å²) < 4.78 is 83.6. The second-order valence-corrected chi connectivity index (χ2v) is 15.0. The van der Waals surface area contributed by atoms with Crippen LogP contribution in [0.1, 0.15) is 69.9 Å². The molecule has 0 aliphatic rings. The van der Waals surface area contributed by atoms with Gasteiger partial charge in [0.1, 0.15) is 18.1 Å². The molecule has 7 N–H and O–H groups in total. The zero-order valence-electron chi connectivity index (χ0n) is 33.5. The minimum absolute atomic E-state index is 0.0147. The SMILES string of the molecule is CCc1ccc(C(=O)NCCCCC(NC(=O)C(Cc2ccc(C(F)(F)O[PH](=O)O)cc2)NC(=O)C(Cc2ccccc2)NC(=O)Cc2cccc(C(F)(F)F)c2)C(N)=O)cc1. The summed E-state index contributed by atoms with van der Waals surface area (Å²) in [5.41, 5.74) is 6.20. The Bertz CT molecular complexity index is 2180. The van der Waals surface area contributed by atoms with Crippen LogP contribution in [0.5, 0.6) is 0 Å². The van der Waals surface area contributed by atoms with Crippen molar-refractivity contribution in [2.45, 2.75) is 82.3 Å². The van der Waals surface area contributed by atoms with Gasteiger partial charge in [-0.3, -0.25) is 28.5 Å². The molecule has 62 heavy (non-hydrogen) atoms. The number of rotatable bonds is 22. The number of halogens is 5. The Hall–Kier alpha value is -5.97. The Morgan fingerprint density at radius 1 is 0.694 bits per heavy atom. The third-order valence-corrected chi connectivity index (χ3v) is 10.1. The third-order valence-electron chi connectivity index (χ3n) is 9.62. The van der Waals surface area contributed by atoms with Crippen LogP contribution in [-0.2, 0) is 66.2 Å². The van der Waals surface area contributed by atoms with Crippen molar-refractivity contribution in [3.05, 3.63) is 142 Å². The lowest BCUT2D eigenvalue weighted by Crippen LogP contribution is -2.57. The fraction of sp³-hybridized carbons (Fsp3) is 0.326. The summed E-state index contributed by atoms with van der Waals surface area (Å²) in [7, 11) is -4.03. The standard InChI is InChI=1S/C43H47F5N5O8P/c1-2-27-14-18-31(19-15-27)39(56)50-22-7-6-13-34(38(49)55)52-41(58)36(25-29-16-20-32(21-17-29)43(47,48)61-62(59)60)53-40(57)35(24-28-9-4-3-5-10-28)51-37(54)26-30-11-8-12-33(23-30)42(44,45)46/h3-5,8-12,14-21,23,34-36,62H,2,6-7,13,22,24-26H2,1H3,(H2,49,55)(H,50,56)(H,51,54)(H,52,58)(H,53,57)(H,59,60). The zero-order chi connectivity index (χ0) is 45.5. The lowest BCUT2D eigenvalue weighted by molar-refractivity contribution is -0.186. The van der Waals surface area contributed by atoms with E-state index >= 15 is 0 Å². The number of alkyl halides is 5. The van der Waals surface area contributed by atoms with Gasteiger partial charge in [-0.25, -0.2) is 4.52 Å². The molecule has 0 aliphatic heterocycles. The number of unbranched alkanes of at least 4 members (excludes halogenated alkanes) is 1. The topological polar surface area (TPSA) is 206 Å². The fourth-order valence-electron chi connectivity index (χ4n) is 6.30. The van der Waals surface area contributed by atoms with Gasteiger partial charge in [0.15, 0.2) is 0 Å². The first kappa shape index (κ1) is 48.7. The number of hydrogen-bond donors (Lipinski definition) is 6. The van der Waals surface area contributed by atoms with Crippen LogP contribution in [0.2, 0.25) is 0 Å². The summed E-state index contributed by atoms with van der Waals surface area (Å²) in [6, 6.07) is 19.5. The van der Waals surface area contributed by atoms with Gasteiger partial charge in [0.25, 0.3) is 5.91 Å². The highest BCUT2D eigenvalue weighted by Gasteiger charge is 2.36. The molecule has 4 rings (SSSR count). The van der Waals surface area contributed by atoms with E-state index in [2.05, 4.69) is 25.8 Å². The summed E-state index contributed by atoms with van der Waals surface area (Å²) >= 11 is 0. The maximum atomic E-state index is 14.4. The third kappa shape index (κ3) is 15.5. The van der Waals surface area contributed by atoms with E-state index in [1.54, 1.807) is 42.5 Å². The molecule has 4 atom stereocenters. The van der Waals surface area contributed by atoms with Crippen molar-refractivity contribution in [1.82, 2.24) is 21.3 Å². The molecule has 0 heterocycles. The fourth-order valence-corrected chi connectivity index (χ4v) is 6.63. The average Bonchev–Trinajstić information content (AvgIpc) is 3.22. The van der Waals surface area contributed by atoms with Crippen LogP contribution in [0.15, 0.2) is 103 Å². The largest absolute Gasteiger partial charge is 0.416 e. The van der Waals surface area contributed by atoms with Crippen molar-refractivity contribution >= 4 is 37.8 Å². The van der Waals surface area contributed by atoms with Crippen molar-refractivity contribution < 1.29 is 59.9 Å². The van der Waals surface area contributed by atoms with Crippen LogP contribution in [0, 0.1) is 0 Å². The minimum atomic E-state index is -4.67. The molecule has 0 bridgehead atoms. The first-order valence-corrected chi connectivity index (χ1v) is 20.8. The van der Waals surface area contributed by atoms with Crippen LogP contribution >= 0.6 is 8.25 Å². The molecule has 4 aromatic rings. The molecule has 0 fully saturated rings. The van der Waals surface area contributed by atoms with Crippen LogP contribution in [-0.4, -0.2) is 59.1 Å². The molecule has 19 heteroatoms. The Morgan fingerprint density at radius 2 is 1.26 bits per heavy atom. The molecule has 0 saturated heterocycles. The Morgan fingerprint density at radius 3 is 1.84 bits per heavy atom. The second-order valence-electron chi connectivity index (χ2n) is 14.3. The van der Waals surface area contributed by atoms with Gasteiger partial charge in [-0.05, 0) is 66.1 Å². The van der Waals surface area contributed by atoms with E-state index in [0.717, 1.165) is 54.4 Å². The van der Waals surface area contributed by atoms with E-state index < -0.39 is 79.8 Å². The lowest BCUT2D eigenvalue weighted by atomic mass is 10.0. The van der Waals surface area contributed by atoms with Gasteiger partial charge in [-0.15, -0.1) is 0 Å². The van der Waals surface area contributed by atoms with Gasteiger partial charge in [0.2, 0.25) is 23.6 Å². The van der Waals surface area contributed by atoms with Crippen molar-refractivity contribution in [2.75, 3.05) is 6.54 Å². The first-order valence-electron chi connectivity index (χ1n) is 19.5. The highest BCUT2D eigenvalue weighted by molar-refractivity contribution is 7.32. The van der Waals surface area contributed by atoms with E-state index in [4.69, 9.17) is 10.6 Å².